The third-order valence-corrected chi connectivity index (χ3v) is 4.91. The van der Waals surface area contributed by atoms with Crippen molar-refractivity contribution in [1.82, 2.24) is 15.3 Å². The van der Waals surface area contributed by atoms with Crippen molar-refractivity contribution in [2.45, 2.75) is 32.7 Å². The number of carbonyl (C=O) groups excluding carboxylic acids is 1. The Balaban J connectivity index is 1.32. The SMILES string of the molecule is CC(=O)N[C@@H](C)COc1cnc(-c2ccc(Oc3cccc(OCC4CC4)c3)cc2)nc1. The number of ether oxygens (including phenoxy) is 3. The van der Waals surface area contributed by atoms with Gasteiger partial charge in [-0.25, -0.2) is 9.97 Å². The fraction of sp³-hybridized carbons (Fsp3) is 0.320. The van der Waals surface area contributed by atoms with E-state index in [1.807, 2.05) is 55.5 Å². The molecule has 2 aromatic carbocycles. The van der Waals surface area contributed by atoms with Gasteiger partial charge in [0.1, 0.15) is 23.9 Å². The van der Waals surface area contributed by atoms with Crippen molar-refractivity contribution >= 4 is 5.91 Å². The minimum atomic E-state index is -0.0924. The summed E-state index contributed by atoms with van der Waals surface area (Å²) in [6.45, 7) is 4.47. The number of nitrogens with zero attached hydrogens (tertiary/aromatic N) is 2. The van der Waals surface area contributed by atoms with Crippen LogP contribution in [-0.2, 0) is 4.79 Å². The van der Waals surface area contributed by atoms with E-state index in [9.17, 15) is 4.79 Å². The van der Waals surface area contributed by atoms with Crippen LogP contribution in [-0.4, -0.2) is 35.1 Å². The maximum atomic E-state index is 11.1. The van der Waals surface area contributed by atoms with Crippen molar-refractivity contribution in [2.24, 2.45) is 5.92 Å². The first-order valence-electron chi connectivity index (χ1n) is 10.8. The van der Waals surface area contributed by atoms with E-state index in [0.29, 0.717) is 24.1 Å². The fourth-order valence-electron chi connectivity index (χ4n) is 3.08. The lowest BCUT2D eigenvalue weighted by Crippen LogP contribution is -2.35. The molecule has 0 bridgehead atoms. The Labute approximate surface area is 187 Å². The fourth-order valence-corrected chi connectivity index (χ4v) is 3.08. The predicted octanol–water partition coefficient (Wildman–Crippen LogP) is 4.63. The van der Waals surface area contributed by atoms with E-state index in [-0.39, 0.29) is 11.9 Å². The van der Waals surface area contributed by atoms with Crippen LogP contribution in [0.2, 0.25) is 0 Å². The van der Waals surface area contributed by atoms with Gasteiger partial charge >= 0.3 is 0 Å². The average Bonchev–Trinajstić information content (AvgIpc) is 3.62. The van der Waals surface area contributed by atoms with Crippen molar-refractivity contribution in [3.63, 3.8) is 0 Å². The van der Waals surface area contributed by atoms with E-state index in [4.69, 9.17) is 14.2 Å². The zero-order valence-electron chi connectivity index (χ0n) is 18.3. The quantitative estimate of drug-likeness (QED) is 0.502. The minimum absolute atomic E-state index is 0.0882. The maximum absolute atomic E-state index is 11.1. The highest BCUT2D eigenvalue weighted by atomic mass is 16.5. The molecule has 1 heterocycles. The molecule has 7 nitrogen and oxygen atoms in total. The Hall–Kier alpha value is -3.61. The number of hydrogen-bond acceptors (Lipinski definition) is 6. The van der Waals surface area contributed by atoms with Gasteiger partial charge in [0, 0.05) is 18.6 Å². The van der Waals surface area contributed by atoms with Gasteiger partial charge in [-0.15, -0.1) is 0 Å². The summed E-state index contributed by atoms with van der Waals surface area (Å²) < 4.78 is 17.4. The number of rotatable bonds is 10. The Morgan fingerprint density at radius 2 is 1.72 bits per heavy atom. The van der Waals surface area contributed by atoms with E-state index < -0.39 is 0 Å². The summed E-state index contributed by atoms with van der Waals surface area (Å²) >= 11 is 0. The molecule has 0 radical (unpaired) electrons. The molecule has 1 aliphatic rings. The second kappa shape index (κ2) is 10.1. The first kappa shape index (κ1) is 21.6. The highest BCUT2D eigenvalue weighted by molar-refractivity contribution is 5.73. The summed E-state index contributed by atoms with van der Waals surface area (Å²) in [5.74, 6) is 4.05. The molecule has 1 fully saturated rings. The summed E-state index contributed by atoms with van der Waals surface area (Å²) in [6.07, 6.45) is 5.78. The number of amides is 1. The van der Waals surface area contributed by atoms with Gasteiger partial charge in [0.05, 0.1) is 25.0 Å². The lowest BCUT2D eigenvalue weighted by molar-refractivity contribution is -0.119. The van der Waals surface area contributed by atoms with Gasteiger partial charge in [0.2, 0.25) is 5.91 Å². The molecule has 4 rings (SSSR count). The number of benzene rings is 2. The van der Waals surface area contributed by atoms with Gasteiger partial charge in [0.25, 0.3) is 0 Å². The van der Waals surface area contributed by atoms with Gasteiger partial charge in [0.15, 0.2) is 11.6 Å². The first-order chi connectivity index (χ1) is 15.5. The van der Waals surface area contributed by atoms with Gasteiger partial charge in [-0.05, 0) is 62.1 Å². The van der Waals surface area contributed by atoms with Crippen molar-refractivity contribution in [2.75, 3.05) is 13.2 Å². The van der Waals surface area contributed by atoms with E-state index >= 15 is 0 Å². The largest absolute Gasteiger partial charge is 0.493 e. The van der Waals surface area contributed by atoms with Crippen molar-refractivity contribution in [3.8, 4) is 34.4 Å². The third-order valence-electron chi connectivity index (χ3n) is 4.91. The minimum Gasteiger partial charge on any atom is -0.493 e. The molecule has 1 saturated carbocycles. The molecule has 0 saturated heterocycles. The van der Waals surface area contributed by atoms with E-state index in [1.165, 1.54) is 19.8 Å². The number of carbonyl (C=O) groups is 1. The van der Waals surface area contributed by atoms with Crippen LogP contribution < -0.4 is 19.5 Å². The number of nitrogens with one attached hydrogen (secondary N) is 1. The predicted molar refractivity (Wildman–Crippen MR) is 121 cm³/mol. The third kappa shape index (κ3) is 6.44. The molecule has 166 valence electrons. The molecule has 1 aromatic heterocycles. The van der Waals surface area contributed by atoms with Crippen molar-refractivity contribution in [3.05, 3.63) is 60.9 Å². The first-order valence-corrected chi connectivity index (χ1v) is 10.8. The zero-order chi connectivity index (χ0) is 22.3. The normalized spacial score (nSPS) is 13.8. The van der Waals surface area contributed by atoms with Crippen LogP contribution in [0.3, 0.4) is 0 Å². The summed E-state index contributed by atoms with van der Waals surface area (Å²) in [5, 5.41) is 2.77. The Morgan fingerprint density at radius 3 is 2.41 bits per heavy atom. The van der Waals surface area contributed by atoms with Crippen molar-refractivity contribution in [1.29, 1.82) is 0 Å². The average molecular weight is 434 g/mol. The Bertz CT molecular complexity index is 1030. The maximum Gasteiger partial charge on any atom is 0.217 e. The Morgan fingerprint density at radius 1 is 1.00 bits per heavy atom. The monoisotopic (exact) mass is 433 g/mol. The molecular weight excluding hydrogens is 406 g/mol. The zero-order valence-corrected chi connectivity index (χ0v) is 18.3. The summed E-state index contributed by atoms with van der Waals surface area (Å²) in [4.78, 5) is 19.8. The van der Waals surface area contributed by atoms with Crippen LogP contribution in [0.15, 0.2) is 60.9 Å². The van der Waals surface area contributed by atoms with Crippen LogP contribution in [0.25, 0.3) is 11.4 Å². The van der Waals surface area contributed by atoms with Gasteiger partial charge < -0.3 is 19.5 Å². The molecule has 3 aromatic rings. The topological polar surface area (TPSA) is 82.6 Å². The van der Waals surface area contributed by atoms with Crippen LogP contribution in [0.5, 0.6) is 23.0 Å². The lowest BCUT2D eigenvalue weighted by atomic mass is 10.2. The van der Waals surface area contributed by atoms with E-state index in [2.05, 4.69) is 15.3 Å². The lowest BCUT2D eigenvalue weighted by Gasteiger charge is -2.13. The standard InChI is InChI=1S/C25H27N3O4/c1-17(28-18(2)29)15-30-24-13-26-25(27-14-24)20-8-10-21(11-9-20)32-23-5-3-4-22(12-23)31-16-19-6-7-19/h3-5,8-14,17,19H,6-7,15-16H2,1-2H3,(H,28,29)/t17-/m0/s1. The highest BCUT2D eigenvalue weighted by Gasteiger charge is 2.21. The second-order valence-electron chi connectivity index (χ2n) is 8.01. The van der Waals surface area contributed by atoms with Gasteiger partial charge in [-0.3, -0.25) is 4.79 Å². The van der Waals surface area contributed by atoms with E-state index in [1.54, 1.807) is 12.4 Å². The van der Waals surface area contributed by atoms with Gasteiger partial charge in [-0.2, -0.15) is 0 Å². The highest BCUT2D eigenvalue weighted by Crippen LogP contribution is 2.31. The molecule has 7 heteroatoms. The molecule has 0 unspecified atom stereocenters. The smallest absolute Gasteiger partial charge is 0.217 e. The molecular formula is C25H27N3O4. The molecule has 32 heavy (non-hydrogen) atoms. The Kier molecular flexibility index (Phi) is 6.84. The molecule has 1 N–H and O–H groups in total. The number of aromatic nitrogens is 2. The molecule has 1 amide bonds. The van der Waals surface area contributed by atoms with Crippen LogP contribution in [0.4, 0.5) is 0 Å². The van der Waals surface area contributed by atoms with Crippen LogP contribution in [0.1, 0.15) is 26.7 Å². The summed E-state index contributed by atoms with van der Waals surface area (Å²) in [7, 11) is 0. The molecule has 0 spiro atoms. The van der Waals surface area contributed by atoms with Crippen molar-refractivity contribution < 1.29 is 19.0 Å². The van der Waals surface area contributed by atoms with Crippen LogP contribution in [0, 0.1) is 5.92 Å². The van der Waals surface area contributed by atoms with E-state index in [0.717, 1.165) is 29.4 Å². The van der Waals surface area contributed by atoms with Crippen LogP contribution >= 0.6 is 0 Å². The summed E-state index contributed by atoms with van der Waals surface area (Å²) in [6, 6.07) is 15.2. The molecule has 0 aliphatic heterocycles. The van der Waals surface area contributed by atoms with Gasteiger partial charge in [-0.1, -0.05) is 6.07 Å². The second-order valence-corrected chi connectivity index (χ2v) is 8.01. The summed E-state index contributed by atoms with van der Waals surface area (Å²) in [5.41, 5.74) is 0.872. The number of hydrogen-bond donors (Lipinski definition) is 1. The molecule has 1 aliphatic carbocycles. The molecule has 1 atom stereocenters.